The first-order chi connectivity index (χ1) is 9.78. The quantitative estimate of drug-likeness (QED) is 0.869. The summed E-state index contributed by atoms with van der Waals surface area (Å²) in [6.45, 7) is 1.01. The fourth-order valence-corrected chi connectivity index (χ4v) is 2.01. The molecule has 0 bridgehead atoms. The number of aliphatic hydroxyl groups excluding tert-OH is 1. The predicted octanol–water partition coefficient (Wildman–Crippen LogP) is 3.51. The van der Waals surface area contributed by atoms with E-state index in [1.165, 1.54) is 0 Å². The van der Waals surface area contributed by atoms with E-state index < -0.39 is 0 Å². The summed E-state index contributed by atoms with van der Waals surface area (Å²) in [7, 11) is 0. The molecule has 0 fully saturated rings. The van der Waals surface area contributed by atoms with Gasteiger partial charge in [0.25, 0.3) is 0 Å². The number of aliphatic hydroxyl groups is 1. The fraction of sp³-hybridized carbons (Fsp3) is 0.176. The van der Waals surface area contributed by atoms with E-state index >= 15 is 0 Å². The van der Waals surface area contributed by atoms with Crippen LogP contribution in [0.4, 0.5) is 0 Å². The second-order valence-corrected chi connectivity index (χ2v) is 5.20. The number of rotatable bonds is 4. The molecule has 3 heteroatoms. The topological polar surface area (TPSA) is 29.5 Å². The Hall–Kier alpha value is -1.60. The van der Waals surface area contributed by atoms with Gasteiger partial charge in [-0.05, 0) is 35.4 Å². The Balaban J connectivity index is 1.89. The Bertz CT molecular complexity index is 609. The standard InChI is InChI=1S/C17H15BrO2/c18-17-8-6-15(7-9-17)12-20-13-16-4-1-3-14(11-16)5-2-10-19/h1,3-4,6-9,11,19H,10,12-13H2. The van der Waals surface area contributed by atoms with Gasteiger partial charge in [0.1, 0.15) is 6.61 Å². The van der Waals surface area contributed by atoms with Crippen LogP contribution in [-0.4, -0.2) is 11.7 Å². The van der Waals surface area contributed by atoms with Gasteiger partial charge in [0.2, 0.25) is 0 Å². The second kappa shape index (κ2) is 7.86. The molecule has 0 atom stereocenters. The molecule has 1 N–H and O–H groups in total. The van der Waals surface area contributed by atoms with E-state index in [1.807, 2.05) is 48.5 Å². The monoisotopic (exact) mass is 330 g/mol. The maximum atomic E-state index is 8.68. The molecule has 102 valence electrons. The van der Waals surface area contributed by atoms with E-state index in [2.05, 4.69) is 27.8 Å². The molecule has 0 aliphatic heterocycles. The zero-order chi connectivity index (χ0) is 14.2. The minimum atomic E-state index is -0.121. The van der Waals surface area contributed by atoms with Crippen molar-refractivity contribution in [1.82, 2.24) is 0 Å². The molecule has 20 heavy (non-hydrogen) atoms. The van der Waals surface area contributed by atoms with E-state index in [-0.39, 0.29) is 6.61 Å². The molecule has 0 amide bonds. The predicted molar refractivity (Wildman–Crippen MR) is 83.0 cm³/mol. The number of ether oxygens (including phenoxy) is 1. The Labute approximate surface area is 127 Å². The van der Waals surface area contributed by atoms with Crippen LogP contribution in [0.5, 0.6) is 0 Å². The summed E-state index contributed by atoms with van der Waals surface area (Å²) < 4.78 is 6.76. The highest BCUT2D eigenvalue weighted by atomic mass is 79.9. The molecular formula is C17H15BrO2. The third kappa shape index (κ3) is 4.82. The van der Waals surface area contributed by atoms with Gasteiger partial charge in [0.15, 0.2) is 0 Å². The number of hydrogen-bond donors (Lipinski definition) is 1. The molecule has 2 rings (SSSR count). The summed E-state index contributed by atoms with van der Waals surface area (Å²) >= 11 is 3.41. The number of benzene rings is 2. The van der Waals surface area contributed by atoms with Crippen molar-refractivity contribution in [3.05, 3.63) is 69.7 Å². The first-order valence-corrected chi connectivity index (χ1v) is 7.08. The smallest absolute Gasteiger partial charge is 0.104 e. The Morgan fingerprint density at radius 3 is 2.50 bits per heavy atom. The van der Waals surface area contributed by atoms with Gasteiger partial charge in [-0.1, -0.05) is 52.0 Å². The van der Waals surface area contributed by atoms with Gasteiger partial charge in [0.05, 0.1) is 13.2 Å². The van der Waals surface area contributed by atoms with Crippen LogP contribution in [0.15, 0.2) is 53.0 Å². The van der Waals surface area contributed by atoms with Crippen molar-refractivity contribution >= 4 is 15.9 Å². The first kappa shape index (κ1) is 14.8. The molecule has 0 aromatic heterocycles. The van der Waals surface area contributed by atoms with Crippen molar-refractivity contribution in [3.8, 4) is 11.8 Å². The highest BCUT2D eigenvalue weighted by Crippen LogP contribution is 2.12. The van der Waals surface area contributed by atoms with Crippen LogP contribution in [0.25, 0.3) is 0 Å². The van der Waals surface area contributed by atoms with Crippen LogP contribution in [0.2, 0.25) is 0 Å². The summed E-state index contributed by atoms with van der Waals surface area (Å²) in [5.74, 6) is 5.53. The largest absolute Gasteiger partial charge is 0.384 e. The van der Waals surface area contributed by atoms with Crippen LogP contribution >= 0.6 is 15.9 Å². The molecule has 0 saturated carbocycles. The lowest BCUT2D eigenvalue weighted by Crippen LogP contribution is -1.94. The molecule has 0 heterocycles. The molecule has 0 spiro atoms. The second-order valence-electron chi connectivity index (χ2n) is 4.28. The van der Waals surface area contributed by atoms with Crippen LogP contribution in [0, 0.1) is 11.8 Å². The van der Waals surface area contributed by atoms with Crippen molar-refractivity contribution < 1.29 is 9.84 Å². The van der Waals surface area contributed by atoms with Gasteiger partial charge in [-0.3, -0.25) is 0 Å². The summed E-state index contributed by atoms with van der Waals surface area (Å²) in [5.41, 5.74) is 3.11. The van der Waals surface area contributed by atoms with Crippen molar-refractivity contribution in [2.75, 3.05) is 6.61 Å². The summed E-state index contributed by atoms with van der Waals surface area (Å²) in [4.78, 5) is 0. The third-order valence-electron chi connectivity index (χ3n) is 2.69. The molecular weight excluding hydrogens is 316 g/mol. The molecule has 2 aromatic rings. The van der Waals surface area contributed by atoms with Gasteiger partial charge in [-0.2, -0.15) is 0 Å². The maximum absolute atomic E-state index is 8.68. The van der Waals surface area contributed by atoms with Gasteiger partial charge < -0.3 is 9.84 Å². The lowest BCUT2D eigenvalue weighted by molar-refractivity contribution is 0.107. The van der Waals surface area contributed by atoms with E-state index in [4.69, 9.17) is 9.84 Å². The lowest BCUT2D eigenvalue weighted by Gasteiger charge is -2.05. The van der Waals surface area contributed by atoms with Crippen molar-refractivity contribution in [2.24, 2.45) is 0 Å². The minimum Gasteiger partial charge on any atom is -0.384 e. The van der Waals surface area contributed by atoms with Crippen LogP contribution in [0.1, 0.15) is 16.7 Å². The Morgan fingerprint density at radius 1 is 1.00 bits per heavy atom. The third-order valence-corrected chi connectivity index (χ3v) is 3.22. The van der Waals surface area contributed by atoms with E-state index in [0.717, 1.165) is 21.2 Å². The average molecular weight is 331 g/mol. The number of halogens is 1. The summed E-state index contributed by atoms with van der Waals surface area (Å²) in [5, 5.41) is 8.68. The fourth-order valence-electron chi connectivity index (χ4n) is 1.75. The molecule has 0 aliphatic rings. The van der Waals surface area contributed by atoms with Gasteiger partial charge >= 0.3 is 0 Å². The zero-order valence-electron chi connectivity index (χ0n) is 11.0. The van der Waals surface area contributed by atoms with Crippen molar-refractivity contribution in [2.45, 2.75) is 13.2 Å². The normalized spacial score (nSPS) is 9.90. The molecule has 0 radical (unpaired) electrons. The van der Waals surface area contributed by atoms with E-state index in [1.54, 1.807) is 0 Å². The Kier molecular flexibility index (Phi) is 5.82. The number of hydrogen-bond acceptors (Lipinski definition) is 2. The molecule has 0 saturated heterocycles. The van der Waals surface area contributed by atoms with Crippen LogP contribution in [-0.2, 0) is 18.0 Å². The van der Waals surface area contributed by atoms with Gasteiger partial charge in [0, 0.05) is 10.0 Å². The average Bonchev–Trinajstić information content (AvgIpc) is 2.48. The zero-order valence-corrected chi connectivity index (χ0v) is 12.6. The SMILES string of the molecule is OCC#Cc1cccc(COCc2ccc(Br)cc2)c1. The Morgan fingerprint density at radius 2 is 1.75 bits per heavy atom. The van der Waals surface area contributed by atoms with E-state index in [0.29, 0.717) is 13.2 Å². The van der Waals surface area contributed by atoms with Gasteiger partial charge in [-0.25, -0.2) is 0 Å². The molecule has 0 aliphatic carbocycles. The summed E-state index contributed by atoms with van der Waals surface area (Å²) in [6, 6.07) is 15.9. The highest BCUT2D eigenvalue weighted by molar-refractivity contribution is 9.10. The first-order valence-electron chi connectivity index (χ1n) is 6.29. The van der Waals surface area contributed by atoms with Crippen molar-refractivity contribution in [1.29, 1.82) is 0 Å². The van der Waals surface area contributed by atoms with Crippen LogP contribution in [0.3, 0.4) is 0 Å². The highest BCUT2D eigenvalue weighted by Gasteiger charge is 1.97. The molecule has 2 aromatic carbocycles. The minimum absolute atomic E-state index is 0.121. The van der Waals surface area contributed by atoms with Crippen LogP contribution < -0.4 is 0 Å². The van der Waals surface area contributed by atoms with Crippen molar-refractivity contribution in [3.63, 3.8) is 0 Å². The van der Waals surface area contributed by atoms with E-state index in [9.17, 15) is 0 Å². The summed E-state index contributed by atoms with van der Waals surface area (Å²) in [6.07, 6.45) is 0. The lowest BCUT2D eigenvalue weighted by atomic mass is 10.1. The van der Waals surface area contributed by atoms with Gasteiger partial charge in [-0.15, -0.1) is 0 Å². The molecule has 2 nitrogen and oxygen atoms in total. The maximum Gasteiger partial charge on any atom is 0.104 e. The molecule has 0 unspecified atom stereocenters.